The first-order valence-corrected chi connectivity index (χ1v) is 8.75. The summed E-state index contributed by atoms with van der Waals surface area (Å²) in [4.78, 5) is 33.4. The van der Waals surface area contributed by atoms with Crippen LogP contribution in [0.15, 0.2) is 40.0 Å². The maximum Gasteiger partial charge on any atom is 0.220 e. The van der Waals surface area contributed by atoms with Crippen LogP contribution in [0.4, 0.5) is 5.82 Å². The SMILES string of the molecule is COc1cc2[nH]c(N3CCC(C(N)=O)CC3)cc(=O)c2cc1-c1cnco1. The van der Waals surface area contributed by atoms with Gasteiger partial charge in [-0.05, 0) is 18.9 Å². The van der Waals surface area contributed by atoms with Crippen molar-refractivity contribution in [1.29, 1.82) is 0 Å². The third kappa shape index (κ3) is 3.14. The molecule has 8 heteroatoms. The Morgan fingerprint density at radius 2 is 2.11 bits per heavy atom. The van der Waals surface area contributed by atoms with Gasteiger partial charge in [0.05, 0.1) is 24.4 Å². The highest BCUT2D eigenvalue weighted by Crippen LogP contribution is 2.33. The quantitative estimate of drug-likeness (QED) is 0.727. The number of H-pyrrole nitrogens is 1. The van der Waals surface area contributed by atoms with Gasteiger partial charge >= 0.3 is 0 Å². The molecule has 3 N–H and O–H groups in total. The van der Waals surface area contributed by atoms with Crippen LogP contribution in [0.1, 0.15) is 12.8 Å². The molecule has 1 aromatic carbocycles. The van der Waals surface area contributed by atoms with Crippen molar-refractivity contribution in [3.8, 4) is 17.1 Å². The predicted octanol–water partition coefficient (Wildman–Crippen LogP) is 1.89. The number of nitrogens with zero attached hydrogens (tertiary/aromatic N) is 2. The summed E-state index contributed by atoms with van der Waals surface area (Å²) in [6.07, 6.45) is 4.28. The maximum atomic E-state index is 12.7. The number of amides is 1. The minimum atomic E-state index is -0.258. The zero-order chi connectivity index (χ0) is 19.0. The molecule has 1 saturated heterocycles. The minimum absolute atomic E-state index is 0.0980. The van der Waals surface area contributed by atoms with Crippen molar-refractivity contribution >= 4 is 22.6 Å². The number of fused-ring (bicyclic) bond motifs is 1. The lowest BCUT2D eigenvalue weighted by molar-refractivity contribution is -0.122. The summed E-state index contributed by atoms with van der Waals surface area (Å²) in [6, 6.07) is 5.12. The molecule has 4 rings (SSSR count). The van der Waals surface area contributed by atoms with E-state index < -0.39 is 0 Å². The Morgan fingerprint density at radius 3 is 2.74 bits per heavy atom. The van der Waals surface area contributed by atoms with Gasteiger partial charge in [0.2, 0.25) is 5.91 Å². The molecule has 8 nitrogen and oxygen atoms in total. The van der Waals surface area contributed by atoms with Crippen LogP contribution in [-0.4, -0.2) is 36.1 Å². The van der Waals surface area contributed by atoms with E-state index in [9.17, 15) is 9.59 Å². The summed E-state index contributed by atoms with van der Waals surface area (Å²) in [7, 11) is 1.57. The van der Waals surface area contributed by atoms with Crippen LogP contribution in [0.5, 0.6) is 5.75 Å². The number of hydrogen-bond donors (Lipinski definition) is 2. The topological polar surface area (TPSA) is 114 Å². The van der Waals surface area contributed by atoms with E-state index in [0.29, 0.717) is 53.9 Å². The molecule has 1 amide bonds. The molecule has 1 aliphatic rings. The Labute approximate surface area is 154 Å². The van der Waals surface area contributed by atoms with Crippen LogP contribution in [-0.2, 0) is 4.79 Å². The van der Waals surface area contributed by atoms with E-state index in [-0.39, 0.29) is 17.3 Å². The summed E-state index contributed by atoms with van der Waals surface area (Å²) < 4.78 is 10.8. The van der Waals surface area contributed by atoms with E-state index >= 15 is 0 Å². The lowest BCUT2D eigenvalue weighted by Crippen LogP contribution is -2.39. The Morgan fingerprint density at radius 1 is 1.33 bits per heavy atom. The van der Waals surface area contributed by atoms with Crippen LogP contribution >= 0.6 is 0 Å². The Balaban J connectivity index is 1.73. The molecule has 0 radical (unpaired) electrons. The smallest absolute Gasteiger partial charge is 0.220 e. The number of pyridine rings is 1. The molecule has 1 fully saturated rings. The number of nitrogens with one attached hydrogen (secondary N) is 1. The van der Waals surface area contributed by atoms with Gasteiger partial charge in [-0.1, -0.05) is 0 Å². The Bertz CT molecular complexity index is 1030. The minimum Gasteiger partial charge on any atom is -0.496 e. The first-order valence-electron chi connectivity index (χ1n) is 8.75. The van der Waals surface area contributed by atoms with Crippen LogP contribution in [0.2, 0.25) is 0 Å². The fraction of sp³-hybridized carbons (Fsp3) is 0.316. The van der Waals surface area contributed by atoms with Crippen molar-refractivity contribution in [2.45, 2.75) is 12.8 Å². The van der Waals surface area contributed by atoms with Crippen LogP contribution in [0.25, 0.3) is 22.2 Å². The molecule has 140 valence electrons. The number of rotatable bonds is 4. The number of carbonyl (C=O) groups excluding carboxylic acids is 1. The number of ether oxygens (including phenoxy) is 1. The van der Waals surface area contributed by atoms with Gasteiger partial charge in [-0.15, -0.1) is 0 Å². The lowest BCUT2D eigenvalue weighted by Gasteiger charge is -2.32. The molecule has 0 saturated carbocycles. The number of nitrogens with two attached hydrogens (primary N) is 1. The van der Waals surface area contributed by atoms with Crippen LogP contribution < -0.4 is 20.8 Å². The van der Waals surface area contributed by atoms with Gasteiger partial charge in [-0.3, -0.25) is 9.59 Å². The predicted molar refractivity (Wildman–Crippen MR) is 101 cm³/mol. The Hall–Kier alpha value is -3.29. The van der Waals surface area contributed by atoms with E-state index in [1.165, 1.54) is 6.39 Å². The molecule has 0 unspecified atom stereocenters. The van der Waals surface area contributed by atoms with Gasteiger partial charge in [0.1, 0.15) is 11.6 Å². The van der Waals surface area contributed by atoms with Gasteiger partial charge in [0, 0.05) is 36.5 Å². The number of oxazole rings is 1. The number of primary amides is 1. The normalized spacial score (nSPS) is 15.2. The Kier molecular flexibility index (Phi) is 4.31. The number of aromatic amines is 1. The van der Waals surface area contributed by atoms with E-state index in [1.54, 1.807) is 31.5 Å². The van der Waals surface area contributed by atoms with Crippen molar-refractivity contribution in [3.05, 3.63) is 41.0 Å². The molecule has 0 bridgehead atoms. The molecule has 0 spiro atoms. The summed E-state index contributed by atoms with van der Waals surface area (Å²) in [5, 5.41) is 0.540. The molecule has 0 atom stereocenters. The van der Waals surface area contributed by atoms with Crippen molar-refractivity contribution in [2.75, 3.05) is 25.1 Å². The number of piperidine rings is 1. The standard InChI is InChI=1S/C19H20N4O4/c1-26-16-7-14-12(6-13(16)17-9-21-10-27-17)15(24)8-18(22-14)23-4-2-11(3-5-23)19(20)25/h6-11H,2-5H2,1H3,(H2,20,25)(H,22,24). The maximum absolute atomic E-state index is 12.7. The average Bonchev–Trinajstić information content (AvgIpc) is 3.21. The number of anilines is 1. The fourth-order valence-corrected chi connectivity index (χ4v) is 3.55. The van der Waals surface area contributed by atoms with Crippen LogP contribution in [0.3, 0.4) is 0 Å². The van der Waals surface area contributed by atoms with E-state index in [1.807, 2.05) is 0 Å². The highest BCUT2D eigenvalue weighted by Gasteiger charge is 2.24. The summed E-state index contributed by atoms with van der Waals surface area (Å²) in [5.41, 5.74) is 6.64. The second kappa shape index (κ2) is 6.79. The first-order chi connectivity index (χ1) is 13.1. The second-order valence-electron chi connectivity index (χ2n) is 6.65. The average molecular weight is 368 g/mol. The zero-order valence-electron chi connectivity index (χ0n) is 14.9. The van der Waals surface area contributed by atoms with Crippen molar-refractivity contribution in [3.63, 3.8) is 0 Å². The third-order valence-electron chi connectivity index (χ3n) is 5.07. The fourth-order valence-electron chi connectivity index (χ4n) is 3.55. The third-order valence-corrected chi connectivity index (χ3v) is 5.07. The summed E-state index contributed by atoms with van der Waals surface area (Å²) in [5.74, 6) is 1.49. The molecular formula is C19H20N4O4. The van der Waals surface area contributed by atoms with Gasteiger partial charge in [0.15, 0.2) is 17.6 Å². The highest BCUT2D eigenvalue weighted by atomic mass is 16.5. The first kappa shape index (κ1) is 17.1. The van der Waals surface area contributed by atoms with Crippen molar-refractivity contribution < 1.29 is 13.9 Å². The second-order valence-corrected chi connectivity index (χ2v) is 6.65. The highest BCUT2D eigenvalue weighted by molar-refractivity contribution is 5.88. The van der Waals surface area contributed by atoms with Crippen LogP contribution in [0, 0.1) is 5.92 Å². The number of methoxy groups -OCH3 is 1. The summed E-state index contributed by atoms with van der Waals surface area (Å²) in [6.45, 7) is 1.34. The number of carbonyl (C=O) groups is 1. The van der Waals surface area contributed by atoms with E-state index in [4.69, 9.17) is 14.9 Å². The van der Waals surface area contributed by atoms with Crippen molar-refractivity contribution in [2.24, 2.45) is 11.7 Å². The largest absolute Gasteiger partial charge is 0.496 e. The number of aromatic nitrogens is 2. The molecule has 2 aromatic heterocycles. The number of hydrogen-bond acceptors (Lipinski definition) is 6. The van der Waals surface area contributed by atoms with Gasteiger partial charge in [0.25, 0.3) is 0 Å². The number of benzene rings is 1. The molecule has 0 aliphatic carbocycles. The van der Waals surface area contributed by atoms with Gasteiger partial charge in [-0.2, -0.15) is 0 Å². The monoisotopic (exact) mass is 368 g/mol. The zero-order valence-corrected chi connectivity index (χ0v) is 14.9. The molecule has 1 aliphatic heterocycles. The van der Waals surface area contributed by atoms with Crippen molar-refractivity contribution in [1.82, 2.24) is 9.97 Å². The summed E-state index contributed by atoms with van der Waals surface area (Å²) >= 11 is 0. The molecule has 27 heavy (non-hydrogen) atoms. The van der Waals surface area contributed by atoms with Gasteiger partial charge < -0.3 is 24.8 Å². The molecular weight excluding hydrogens is 348 g/mol. The molecule has 3 aromatic rings. The van der Waals surface area contributed by atoms with E-state index in [0.717, 1.165) is 5.82 Å². The van der Waals surface area contributed by atoms with Gasteiger partial charge in [-0.25, -0.2) is 4.98 Å². The molecule has 3 heterocycles. The lowest BCUT2D eigenvalue weighted by atomic mass is 9.96. The van der Waals surface area contributed by atoms with E-state index in [2.05, 4.69) is 14.9 Å².